The molecule has 2 aromatic carbocycles. The van der Waals surface area contributed by atoms with Gasteiger partial charge in [-0.3, -0.25) is 4.90 Å². The Morgan fingerprint density at radius 1 is 1.10 bits per heavy atom. The van der Waals surface area contributed by atoms with Gasteiger partial charge in [-0.15, -0.1) is 0 Å². The van der Waals surface area contributed by atoms with Gasteiger partial charge in [0, 0.05) is 12.2 Å². The van der Waals surface area contributed by atoms with Crippen LogP contribution in [0.15, 0.2) is 52.9 Å². The summed E-state index contributed by atoms with van der Waals surface area (Å²) in [6.45, 7) is 4.66. The van der Waals surface area contributed by atoms with E-state index in [1.54, 1.807) is 0 Å². The van der Waals surface area contributed by atoms with Crippen molar-refractivity contribution in [3.63, 3.8) is 0 Å². The van der Waals surface area contributed by atoms with Gasteiger partial charge in [0.1, 0.15) is 5.52 Å². The van der Waals surface area contributed by atoms with Gasteiger partial charge < -0.3 is 10.2 Å². The van der Waals surface area contributed by atoms with Crippen molar-refractivity contribution in [1.82, 2.24) is 9.88 Å². The zero-order valence-electron chi connectivity index (χ0n) is 12.1. The average Bonchev–Trinajstić information content (AvgIpc) is 2.89. The topological polar surface area (TPSA) is 55.3 Å². The van der Waals surface area contributed by atoms with Crippen LogP contribution in [0.3, 0.4) is 0 Å². The molecule has 0 bridgehead atoms. The maximum absolute atomic E-state index is 5.78. The van der Waals surface area contributed by atoms with E-state index in [0.29, 0.717) is 12.2 Å². The van der Waals surface area contributed by atoms with E-state index >= 15 is 0 Å². The average molecular weight is 281 g/mol. The van der Waals surface area contributed by atoms with E-state index < -0.39 is 0 Å². The van der Waals surface area contributed by atoms with Crippen molar-refractivity contribution in [1.29, 1.82) is 0 Å². The smallest absolute Gasteiger partial charge is 0.209 e. The second kappa shape index (κ2) is 5.97. The number of nitrogens with zero attached hydrogens (tertiary/aromatic N) is 2. The summed E-state index contributed by atoms with van der Waals surface area (Å²) in [7, 11) is 0. The summed E-state index contributed by atoms with van der Waals surface area (Å²) in [4.78, 5) is 6.81. The molecule has 108 valence electrons. The van der Waals surface area contributed by atoms with Gasteiger partial charge in [0.2, 0.25) is 5.89 Å². The minimum Gasteiger partial charge on any atom is -0.439 e. The molecular formula is C17H19N3O. The highest BCUT2D eigenvalue weighted by molar-refractivity contribution is 5.76. The summed E-state index contributed by atoms with van der Waals surface area (Å²) in [5.74, 6) is 0.730. The number of hydrogen-bond donors (Lipinski definition) is 1. The molecule has 4 heteroatoms. The van der Waals surface area contributed by atoms with Crippen molar-refractivity contribution in [2.75, 3.05) is 12.3 Å². The Morgan fingerprint density at radius 2 is 1.90 bits per heavy atom. The first-order valence-corrected chi connectivity index (χ1v) is 7.16. The Balaban J connectivity index is 1.76. The van der Waals surface area contributed by atoms with Gasteiger partial charge >= 0.3 is 0 Å². The molecule has 0 saturated heterocycles. The molecule has 0 aliphatic rings. The molecule has 0 unspecified atom stereocenters. The first kappa shape index (κ1) is 13.6. The van der Waals surface area contributed by atoms with E-state index in [9.17, 15) is 0 Å². The van der Waals surface area contributed by atoms with Gasteiger partial charge in [0.15, 0.2) is 5.58 Å². The predicted molar refractivity (Wildman–Crippen MR) is 84.7 cm³/mol. The summed E-state index contributed by atoms with van der Waals surface area (Å²) in [5.41, 5.74) is 9.38. The van der Waals surface area contributed by atoms with Gasteiger partial charge in [0.05, 0.1) is 6.54 Å². The quantitative estimate of drug-likeness (QED) is 0.728. The fourth-order valence-electron chi connectivity index (χ4n) is 2.37. The van der Waals surface area contributed by atoms with Gasteiger partial charge in [-0.05, 0) is 30.3 Å². The Morgan fingerprint density at radius 3 is 2.67 bits per heavy atom. The minimum atomic E-state index is 0.694. The molecule has 4 nitrogen and oxygen atoms in total. The van der Waals surface area contributed by atoms with Crippen molar-refractivity contribution in [2.45, 2.75) is 20.0 Å². The van der Waals surface area contributed by atoms with Crippen molar-refractivity contribution >= 4 is 16.8 Å². The number of benzene rings is 2. The normalized spacial score (nSPS) is 11.3. The van der Waals surface area contributed by atoms with Gasteiger partial charge in [-0.1, -0.05) is 37.3 Å². The number of oxazole rings is 1. The molecule has 1 heterocycles. The van der Waals surface area contributed by atoms with Crippen molar-refractivity contribution < 1.29 is 4.42 Å². The Bertz CT molecular complexity index is 721. The number of hydrogen-bond acceptors (Lipinski definition) is 4. The zero-order chi connectivity index (χ0) is 14.7. The number of rotatable bonds is 5. The minimum absolute atomic E-state index is 0.694. The molecule has 0 spiro atoms. The van der Waals surface area contributed by atoms with Crippen LogP contribution in [0.5, 0.6) is 0 Å². The van der Waals surface area contributed by atoms with Gasteiger partial charge in [-0.2, -0.15) is 0 Å². The highest BCUT2D eigenvalue weighted by atomic mass is 16.3. The summed E-state index contributed by atoms with van der Waals surface area (Å²) in [6.07, 6.45) is 0. The number of anilines is 1. The third kappa shape index (κ3) is 3.23. The zero-order valence-corrected chi connectivity index (χ0v) is 12.1. The number of aromatic nitrogens is 1. The molecule has 0 amide bonds. The molecule has 0 saturated carbocycles. The molecule has 2 N–H and O–H groups in total. The van der Waals surface area contributed by atoms with Crippen LogP contribution in [0.2, 0.25) is 0 Å². The fourth-order valence-corrected chi connectivity index (χ4v) is 2.37. The molecule has 3 aromatic rings. The first-order chi connectivity index (χ1) is 10.2. The Labute approximate surface area is 124 Å². The molecule has 0 aliphatic carbocycles. The van der Waals surface area contributed by atoms with Crippen LogP contribution >= 0.6 is 0 Å². The fraction of sp³-hybridized carbons (Fsp3) is 0.235. The van der Waals surface area contributed by atoms with E-state index in [0.717, 1.165) is 30.1 Å². The Hall–Kier alpha value is -2.33. The maximum Gasteiger partial charge on any atom is 0.209 e. The van der Waals surface area contributed by atoms with E-state index in [2.05, 4.69) is 41.1 Å². The van der Waals surface area contributed by atoms with Crippen molar-refractivity contribution in [3.05, 3.63) is 60.0 Å². The number of nitrogen functional groups attached to an aromatic ring is 1. The lowest BCUT2D eigenvalue weighted by Crippen LogP contribution is -2.22. The van der Waals surface area contributed by atoms with Crippen LogP contribution in [-0.4, -0.2) is 16.4 Å². The molecule has 3 rings (SSSR count). The van der Waals surface area contributed by atoms with Crippen LogP contribution in [0.1, 0.15) is 18.4 Å². The predicted octanol–water partition coefficient (Wildman–Crippen LogP) is 3.43. The van der Waals surface area contributed by atoms with Crippen LogP contribution in [-0.2, 0) is 13.1 Å². The molecular weight excluding hydrogens is 262 g/mol. The summed E-state index contributed by atoms with van der Waals surface area (Å²) in [6, 6.07) is 16.0. The highest BCUT2D eigenvalue weighted by Crippen LogP contribution is 2.19. The lowest BCUT2D eigenvalue weighted by atomic mass is 10.2. The van der Waals surface area contributed by atoms with E-state index in [1.165, 1.54) is 5.56 Å². The molecule has 21 heavy (non-hydrogen) atoms. The Kier molecular flexibility index (Phi) is 3.88. The first-order valence-electron chi connectivity index (χ1n) is 7.16. The highest BCUT2D eigenvalue weighted by Gasteiger charge is 2.11. The lowest BCUT2D eigenvalue weighted by Gasteiger charge is -2.18. The molecule has 0 radical (unpaired) electrons. The third-order valence-electron chi connectivity index (χ3n) is 3.51. The summed E-state index contributed by atoms with van der Waals surface area (Å²) < 4.78 is 5.78. The summed E-state index contributed by atoms with van der Waals surface area (Å²) in [5, 5.41) is 0. The van der Waals surface area contributed by atoms with E-state index in [1.807, 2.05) is 24.3 Å². The SMILES string of the molecule is CCN(Cc1ccccc1)Cc1nc2cc(N)ccc2o1. The summed E-state index contributed by atoms with van der Waals surface area (Å²) >= 11 is 0. The lowest BCUT2D eigenvalue weighted by molar-refractivity contribution is 0.245. The molecule has 1 aromatic heterocycles. The third-order valence-corrected chi connectivity index (χ3v) is 3.51. The standard InChI is InChI=1S/C17H19N3O/c1-2-20(11-13-6-4-3-5-7-13)12-17-19-15-10-14(18)8-9-16(15)21-17/h3-10H,2,11-12,18H2,1H3. The molecule has 0 atom stereocenters. The van der Waals surface area contributed by atoms with Crippen molar-refractivity contribution in [2.24, 2.45) is 0 Å². The van der Waals surface area contributed by atoms with Crippen LogP contribution in [0.25, 0.3) is 11.1 Å². The molecule has 0 fully saturated rings. The molecule has 0 aliphatic heterocycles. The van der Waals surface area contributed by atoms with Gasteiger partial charge in [0.25, 0.3) is 0 Å². The van der Waals surface area contributed by atoms with Crippen molar-refractivity contribution in [3.8, 4) is 0 Å². The van der Waals surface area contributed by atoms with Crippen LogP contribution in [0.4, 0.5) is 5.69 Å². The largest absolute Gasteiger partial charge is 0.439 e. The monoisotopic (exact) mass is 281 g/mol. The van der Waals surface area contributed by atoms with Crippen LogP contribution < -0.4 is 5.73 Å². The van der Waals surface area contributed by atoms with E-state index in [-0.39, 0.29) is 0 Å². The number of nitrogens with two attached hydrogens (primary N) is 1. The second-order valence-electron chi connectivity index (χ2n) is 5.12. The van der Waals surface area contributed by atoms with Crippen LogP contribution in [0, 0.1) is 0 Å². The van der Waals surface area contributed by atoms with Gasteiger partial charge in [-0.25, -0.2) is 4.98 Å². The second-order valence-corrected chi connectivity index (χ2v) is 5.12. The number of fused-ring (bicyclic) bond motifs is 1. The maximum atomic E-state index is 5.78. The van der Waals surface area contributed by atoms with E-state index in [4.69, 9.17) is 10.2 Å².